The second kappa shape index (κ2) is 16.2. The van der Waals surface area contributed by atoms with Crippen molar-refractivity contribution < 1.29 is 61.0 Å². The van der Waals surface area contributed by atoms with E-state index in [2.05, 4.69) is 4.31 Å². The Kier molecular flexibility index (Phi) is 12.3. The van der Waals surface area contributed by atoms with Crippen molar-refractivity contribution in [1.29, 1.82) is 0 Å². The van der Waals surface area contributed by atoms with E-state index in [1.54, 1.807) is 36.4 Å². The van der Waals surface area contributed by atoms with Crippen LogP contribution in [0.4, 0.5) is 9.59 Å². The molecule has 1 aliphatic rings. The second-order valence-corrected chi connectivity index (χ2v) is 13.4. The lowest BCUT2D eigenvalue weighted by molar-refractivity contribution is -0.234. The van der Waals surface area contributed by atoms with E-state index in [9.17, 15) is 38.1 Å². The number of hydrogen-bond acceptors (Lipinski definition) is 15. The molecule has 254 valence electrons. The van der Waals surface area contributed by atoms with Gasteiger partial charge < -0.3 is 42.6 Å². The van der Waals surface area contributed by atoms with Crippen LogP contribution in [0.5, 0.6) is 11.5 Å². The quantitative estimate of drug-likeness (QED) is 0.110. The number of aromatic nitrogens is 2. The Morgan fingerprint density at radius 1 is 0.872 bits per heavy atom. The van der Waals surface area contributed by atoms with Crippen LogP contribution in [0.1, 0.15) is 32.4 Å². The van der Waals surface area contributed by atoms with Gasteiger partial charge in [0, 0.05) is 18.4 Å². The second-order valence-electron chi connectivity index (χ2n) is 9.94. The number of unbranched alkanes of at least 4 members (excludes halogenated alkanes) is 2. The first kappa shape index (κ1) is 35.8. The van der Waals surface area contributed by atoms with Gasteiger partial charge in [-0.15, -0.1) is 0 Å². The smallest absolute Gasteiger partial charge is 0.514 e. The number of ether oxygens (including phenoxy) is 5. The largest absolute Gasteiger partial charge is 0.778 e. The minimum atomic E-state index is -5.56. The molecule has 0 bridgehead atoms. The molecular formula is C28H30N2O15P2-2. The van der Waals surface area contributed by atoms with Gasteiger partial charge in [0.25, 0.3) is 13.4 Å². The van der Waals surface area contributed by atoms with Crippen LogP contribution in [-0.4, -0.2) is 52.9 Å². The molecule has 0 saturated carbocycles. The summed E-state index contributed by atoms with van der Waals surface area (Å²) in [5, 5.41) is 0. The first-order valence-corrected chi connectivity index (χ1v) is 17.4. The van der Waals surface area contributed by atoms with Gasteiger partial charge in [0.1, 0.15) is 25.2 Å². The normalized spacial score (nSPS) is 21.6. The maximum Gasteiger partial charge on any atom is 0.514 e. The van der Waals surface area contributed by atoms with Crippen LogP contribution in [0.2, 0.25) is 0 Å². The molecule has 2 aromatic carbocycles. The molecular weight excluding hydrogens is 666 g/mol. The Bertz CT molecular complexity index is 1720. The molecule has 1 N–H and O–H groups in total. The van der Waals surface area contributed by atoms with Crippen molar-refractivity contribution in [3.63, 3.8) is 0 Å². The Labute approximate surface area is 267 Å². The van der Waals surface area contributed by atoms with Crippen LogP contribution in [-0.2, 0) is 32.2 Å². The number of rotatable bonds is 14. The SMILES string of the molecule is CCCCCP(=O)([O-])OP(=O)([O-])OC[C@H]1O[C@@H](n2ccc(=O)[nH]c2=O)C(OC(=O)Oc2ccccc2)[C@H]1OC(=O)Oc1ccccc1. The predicted molar refractivity (Wildman–Crippen MR) is 157 cm³/mol. The highest BCUT2D eigenvalue weighted by atomic mass is 31.3. The summed E-state index contributed by atoms with van der Waals surface area (Å²) >= 11 is 0. The van der Waals surface area contributed by atoms with Gasteiger partial charge in [0.05, 0.1) is 6.61 Å². The fraction of sp³-hybridized carbons (Fsp3) is 0.357. The first-order chi connectivity index (χ1) is 22.4. The Hall–Kier alpha value is -4.08. The lowest BCUT2D eigenvalue weighted by Crippen LogP contribution is -2.43. The van der Waals surface area contributed by atoms with Crippen LogP contribution in [0, 0.1) is 0 Å². The molecule has 2 heterocycles. The summed E-state index contributed by atoms with van der Waals surface area (Å²) in [6.07, 6.45) is -7.87. The molecule has 4 rings (SSSR count). The zero-order valence-electron chi connectivity index (χ0n) is 24.7. The Balaban J connectivity index is 1.63. The molecule has 0 spiro atoms. The summed E-state index contributed by atoms with van der Waals surface area (Å²) in [6, 6.07) is 16.2. The van der Waals surface area contributed by atoms with Gasteiger partial charge in [-0.05, 0) is 30.7 Å². The number of carbonyl (C=O) groups excluding carboxylic acids is 2. The van der Waals surface area contributed by atoms with Crippen LogP contribution in [0.15, 0.2) is 82.5 Å². The molecule has 17 nitrogen and oxygen atoms in total. The highest BCUT2D eigenvalue weighted by Gasteiger charge is 2.52. The molecule has 1 saturated heterocycles. The number of aromatic amines is 1. The van der Waals surface area contributed by atoms with E-state index in [4.69, 9.17) is 28.2 Å². The van der Waals surface area contributed by atoms with E-state index in [0.717, 1.165) is 16.8 Å². The average molecular weight is 696 g/mol. The molecule has 47 heavy (non-hydrogen) atoms. The minimum absolute atomic E-state index is 0.0466. The molecule has 0 aliphatic carbocycles. The highest BCUT2D eigenvalue weighted by Crippen LogP contribution is 2.55. The molecule has 1 aliphatic heterocycles. The molecule has 1 aromatic heterocycles. The fourth-order valence-corrected chi connectivity index (χ4v) is 7.01. The van der Waals surface area contributed by atoms with Gasteiger partial charge in [0.2, 0.25) is 0 Å². The maximum absolute atomic E-state index is 12.9. The summed E-state index contributed by atoms with van der Waals surface area (Å²) in [5.41, 5.74) is -1.83. The molecule has 0 radical (unpaired) electrons. The van der Waals surface area contributed by atoms with Crippen LogP contribution in [0.25, 0.3) is 0 Å². The van der Waals surface area contributed by atoms with E-state index in [1.165, 1.54) is 24.3 Å². The molecule has 0 amide bonds. The number of para-hydroxylation sites is 2. The summed E-state index contributed by atoms with van der Waals surface area (Å²) < 4.78 is 61.6. The molecule has 6 atom stereocenters. The molecule has 3 aromatic rings. The fourth-order valence-electron chi connectivity index (χ4n) is 4.34. The number of carbonyl (C=O) groups is 2. The number of nitrogens with zero attached hydrogens (tertiary/aromatic N) is 1. The van der Waals surface area contributed by atoms with Crippen molar-refractivity contribution in [3.05, 3.63) is 93.8 Å². The van der Waals surface area contributed by atoms with E-state index in [0.29, 0.717) is 12.8 Å². The van der Waals surface area contributed by atoms with Gasteiger partial charge in [-0.3, -0.25) is 23.2 Å². The van der Waals surface area contributed by atoms with Crippen LogP contribution >= 0.6 is 15.4 Å². The number of phosphoric acid groups is 1. The maximum atomic E-state index is 12.9. The lowest BCUT2D eigenvalue weighted by Gasteiger charge is -2.32. The van der Waals surface area contributed by atoms with E-state index < -0.39 is 76.3 Å². The number of nitrogens with one attached hydrogen (secondary N) is 1. The van der Waals surface area contributed by atoms with Gasteiger partial charge in [-0.1, -0.05) is 56.2 Å². The third kappa shape index (κ3) is 10.7. The van der Waals surface area contributed by atoms with Gasteiger partial charge in [-0.2, -0.15) is 0 Å². The summed E-state index contributed by atoms with van der Waals surface area (Å²) in [5.74, 6) is 0.103. The Morgan fingerprint density at radius 2 is 1.45 bits per heavy atom. The molecule has 1 fully saturated rings. The van der Waals surface area contributed by atoms with Crippen LogP contribution < -0.4 is 30.5 Å². The summed E-state index contributed by atoms with van der Waals surface area (Å²) in [7, 11) is -10.4. The van der Waals surface area contributed by atoms with Gasteiger partial charge in [-0.25, -0.2) is 14.4 Å². The minimum Gasteiger partial charge on any atom is -0.778 e. The Morgan fingerprint density at radius 3 is 2.00 bits per heavy atom. The standard InChI is InChI=1S/C28H32N2O15P2/c1-2-3-10-17-46(35,36)45-47(37,38)39-18-21-23(43-27(33)40-19-11-6-4-7-12-19)24(44-28(34)41-20-13-8-5-9-14-20)25(42-21)30-16-15-22(31)29-26(30)32/h4-9,11-16,21,23-25H,2-3,10,17-18H2,1H3,(H,35,36)(H,37,38)(H,29,31,32)/p-2/t21-,23+,24?,25-/m1/s1. The van der Waals surface area contributed by atoms with Gasteiger partial charge >= 0.3 is 18.0 Å². The van der Waals surface area contributed by atoms with Crippen molar-refractivity contribution in [1.82, 2.24) is 9.55 Å². The third-order valence-corrected chi connectivity index (χ3v) is 9.55. The topological polar surface area (TPSA) is 234 Å². The third-order valence-electron chi connectivity index (χ3n) is 6.42. The number of H-pyrrole nitrogens is 1. The van der Waals surface area contributed by atoms with Gasteiger partial charge in [0.15, 0.2) is 18.4 Å². The van der Waals surface area contributed by atoms with E-state index in [-0.39, 0.29) is 17.9 Å². The number of hydrogen-bond donors (Lipinski definition) is 1. The molecule has 3 unspecified atom stereocenters. The predicted octanol–water partition coefficient (Wildman–Crippen LogP) is 2.85. The highest BCUT2D eigenvalue weighted by molar-refractivity contribution is 7.62. The summed E-state index contributed by atoms with van der Waals surface area (Å²) in [6.45, 7) is 0.766. The van der Waals surface area contributed by atoms with Crippen molar-refractivity contribution in [3.8, 4) is 11.5 Å². The van der Waals surface area contributed by atoms with Crippen LogP contribution in [0.3, 0.4) is 0 Å². The monoisotopic (exact) mass is 696 g/mol. The number of phosphoric ester groups is 1. The van der Waals surface area contributed by atoms with Crippen molar-refractivity contribution in [2.75, 3.05) is 12.8 Å². The van der Waals surface area contributed by atoms with Crippen molar-refractivity contribution in [2.24, 2.45) is 0 Å². The van der Waals surface area contributed by atoms with Crippen molar-refractivity contribution in [2.45, 2.75) is 50.7 Å². The average Bonchev–Trinajstić information content (AvgIpc) is 3.32. The zero-order chi connectivity index (χ0) is 34.0. The van der Waals surface area contributed by atoms with Crippen molar-refractivity contribution >= 4 is 27.7 Å². The number of benzene rings is 2. The van der Waals surface area contributed by atoms with E-state index >= 15 is 0 Å². The van der Waals surface area contributed by atoms with E-state index in [1.807, 2.05) is 11.9 Å². The summed E-state index contributed by atoms with van der Waals surface area (Å²) in [4.78, 5) is 76.9. The zero-order valence-corrected chi connectivity index (χ0v) is 26.5. The molecule has 19 heteroatoms. The first-order valence-electron chi connectivity index (χ1n) is 14.2. The lowest BCUT2D eigenvalue weighted by atomic mass is 10.1.